The van der Waals surface area contributed by atoms with E-state index in [0.717, 1.165) is 6.07 Å². The predicted molar refractivity (Wildman–Crippen MR) is 52.0 cm³/mol. The second kappa shape index (κ2) is 4.28. The normalized spacial score (nSPS) is 12.6. The number of phenols is 1. The summed E-state index contributed by atoms with van der Waals surface area (Å²) in [6.07, 6.45) is 0.392. The van der Waals surface area contributed by atoms with Crippen molar-refractivity contribution in [1.29, 1.82) is 0 Å². The van der Waals surface area contributed by atoms with E-state index in [9.17, 15) is 9.50 Å². The third kappa shape index (κ3) is 2.35. The lowest BCUT2D eigenvalue weighted by molar-refractivity contribution is 0.369. The summed E-state index contributed by atoms with van der Waals surface area (Å²) in [5.41, 5.74) is 5.94. The molecule has 0 heterocycles. The number of rotatable bonds is 3. The highest BCUT2D eigenvalue weighted by Gasteiger charge is 2.10. The molecule has 0 aromatic heterocycles. The molecule has 3 N–H and O–H groups in total. The molecule has 0 fully saturated rings. The summed E-state index contributed by atoms with van der Waals surface area (Å²) >= 11 is 0. The summed E-state index contributed by atoms with van der Waals surface area (Å²) in [6, 6.07) is 2.36. The van der Waals surface area contributed by atoms with Crippen molar-refractivity contribution in [2.24, 2.45) is 5.73 Å². The second-order valence-electron chi connectivity index (χ2n) is 3.30. The Morgan fingerprint density at radius 1 is 1.57 bits per heavy atom. The van der Waals surface area contributed by atoms with Crippen LogP contribution in [0, 0.1) is 5.82 Å². The number of nitrogens with two attached hydrogens (primary N) is 1. The van der Waals surface area contributed by atoms with E-state index in [4.69, 9.17) is 10.5 Å². The van der Waals surface area contributed by atoms with E-state index in [2.05, 4.69) is 0 Å². The Kier molecular flexibility index (Phi) is 3.30. The zero-order valence-corrected chi connectivity index (χ0v) is 8.25. The Bertz CT molecular complexity index is 326. The molecule has 0 aliphatic heterocycles. The smallest absolute Gasteiger partial charge is 0.163 e. The number of hydrogen-bond donors (Lipinski definition) is 2. The third-order valence-corrected chi connectivity index (χ3v) is 1.89. The molecule has 1 unspecified atom stereocenters. The Hall–Kier alpha value is -1.29. The van der Waals surface area contributed by atoms with E-state index >= 15 is 0 Å². The van der Waals surface area contributed by atoms with Gasteiger partial charge in [-0.2, -0.15) is 0 Å². The first-order valence-corrected chi connectivity index (χ1v) is 4.35. The third-order valence-electron chi connectivity index (χ3n) is 1.89. The van der Waals surface area contributed by atoms with Crippen LogP contribution in [-0.4, -0.2) is 18.3 Å². The van der Waals surface area contributed by atoms with Crippen molar-refractivity contribution in [3.8, 4) is 11.5 Å². The summed E-state index contributed by atoms with van der Waals surface area (Å²) in [5.74, 6) is -0.336. The monoisotopic (exact) mass is 199 g/mol. The SMILES string of the molecule is COc1cc(F)c(CC(C)N)cc1O. The van der Waals surface area contributed by atoms with Crippen molar-refractivity contribution in [3.05, 3.63) is 23.5 Å². The standard InChI is InChI=1S/C10H14FNO2/c1-6(12)3-7-4-9(13)10(14-2)5-8(7)11/h4-6,13H,3,12H2,1-2H3. The second-order valence-corrected chi connectivity index (χ2v) is 3.30. The molecule has 78 valence electrons. The van der Waals surface area contributed by atoms with Gasteiger partial charge in [-0.25, -0.2) is 4.39 Å². The fourth-order valence-corrected chi connectivity index (χ4v) is 1.25. The number of benzene rings is 1. The van der Waals surface area contributed by atoms with Crippen LogP contribution >= 0.6 is 0 Å². The van der Waals surface area contributed by atoms with Crippen molar-refractivity contribution < 1.29 is 14.2 Å². The van der Waals surface area contributed by atoms with Gasteiger partial charge < -0.3 is 15.6 Å². The van der Waals surface area contributed by atoms with Crippen molar-refractivity contribution in [3.63, 3.8) is 0 Å². The summed E-state index contributed by atoms with van der Waals surface area (Å²) in [7, 11) is 1.37. The summed E-state index contributed by atoms with van der Waals surface area (Å²) < 4.78 is 18.1. The molecule has 1 rings (SSSR count). The zero-order chi connectivity index (χ0) is 10.7. The molecule has 1 atom stereocenters. The fourth-order valence-electron chi connectivity index (χ4n) is 1.25. The lowest BCUT2D eigenvalue weighted by Gasteiger charge is -2.09. The van der Waals surface area contributed by atoms with Crippen LogP contribution in [0.1, 0.15) is 12.5 Å². The first kappa shape index (κ1) is 10.8. The highest BCUT2D eigenvalue weighted by atomic mass is 19.1. The van der Waals surface area contributed by atoms with Gasteiger partial charge in [0.05, 0.1) is 7.11 Å². The molecule has 0 bridgehead atoms. The van der Waals surface area contributed by atoms with Gasteiger partial charge in [0.1, 0.15) is 5.82 Å². The van der Waals surface area contributed by atoms with E-state index in [-0.39, 0.29) is 17.5 Å². The van der Waals surface area contributed by atoms with Crippen LogP contribution in [0.25, 0.3) is 0 Å². The van der Waals surface area contributed by atoms with Gasteiger partial charge in [-0.1, -0.05) is 0 Å². The van der Waals surface area contributed by atoms with Gasteiger partial charge in [-0.05, 0) is 25.0 Å². The van der Waals surface area contributed by atoms with E-state index < -0.39 is 5.82 Å². The van der Waals surface area contributed by atoms with Gasteiger partial charge in [0, 0.05) is 12.1 Å². The summed E-state index contributed by atoms with van der Waals surface area (Å²) in [4.78, 5) is 0. The van der Waals surface area contributed by atoms with Crippen molar-refractivity contribution >= 4 is 0 Å². The molecule has 0 aliphatic rings. The minimum absolute atomic E-state index is 0.0652. The van der Waals surface area contributed by atoms with Gasteiger partial charge in [0.2, 0.25) is 0 Å². The minimum atomic E-state index is -0.406. The Labute approximate surface area is 82.3 Å². The number of phenolic OH excluding ortho intramolecular Hbond substituents is 1. The van der Waals surface area contributed by atoms with Crippen molar-refractivity contribution in [1.82, 2.24) is 0 Å². The topological polar surface area (TPSA) is 55.5 Å². The molecule has 0 spiro atoms. The lowest BCUT2D eigenvalue weighted by Crippen LogP contribution is -2.18. The summed E-state index contributed by atoms with van der Waals surface area (Å²) in [6.45, 7) is 1.78. The highest BCUT2D eigenvalue weighted by Crippen LogP contribution is 2.28. The lowest BCUT2D eigenvalue weighted by atomic mass is 10.1. The first-order valence-electron chi connectivity index (χ1n) is 4.35. The largest absolute Gasteiger partial charge is 0.504 e. The maximum Gasteiger partial charge on any atom is 0.163 e. The van der Waals surface area contributed by atoms with Gasteiger partial charge >= 0.3 is 0 Å². The quantitative estimate of drug-likeness (QED) is 0.774. The predicted octanol–water partition coefficient (Wildman–Crippen LogP) is 1.43. The maximum atomic E-state index is 13.3. The van der Waals surface area contributed by atoms with Crippen molar-refractivity contribution in [2.75, 3.05) is 7.11 Å². The van der Waals surface area contributed by atoms with E-state index in [1.165, 1.54) is 13.2 Å². The van der Waals surface area contributed by atoms with Crippen LogP contribution < -0.4 is 10.5 Å². The molecular formula is C10H14FNO2. The molecular weight excluding hydrogens is 185 g/mol. The van der Waals surface area contributed by atoms with Crippen LogP contribution in [0.4, 0.5) is 4.39 Å². The van der Waals surface area contributed by atoms with Crippen LogP contribution in [0.5, 0.6) is 11.5 Å². The van der Waals surface area contributed by atoms with Gasteiger partial charge in [0.25, 0.3) is 0 Å². The fraction of sp³-hybridized carbons (Fsp3) is 0.400. The van der Waals surface area contributed by atoms with Gasteiger partial charge in [0.15, 0.2) is 11.5 Å². The summed E-state index contributed by atoms with van der Waals surface area (Å²) in [5, 5.41) is 9.40. The average molecular weight is 199 g/mol. The highest BCUT2D eigenvalue weighted by molar-refractivity contribution is 5.42. The van der Waals surface area contributed by atoms with Crippen LogP contribution in [0.15, 0.2) is 12.1 Å². The Morgan fingerprint density at radius 2 is 2.21 bits per heavy atom. The molecule has 0 amide bonds. The molecule has 0 aliphatic carbocycles. The van der Waals surface area contributed by atoms with Crippen LogP contribution in [0.3, 0.4) is 0 Å². The molecule has 3 nitrogen and oxygen atoms in total. The average Bonchev–Trinajstić information content (AvgIpc) is 2.10. The number of methoxy groups -OCH3 is 1. The van der Waals surface area contributed by atoms with Crippen LogP contribution in [-0.2, 0) is 6.42 Å². The van der Waals surface area contributed by atoms with E-state index in [0.29, 0.717) is 12.0 Å². The number of halogens is 1. The number of hydrogen-bond acceptors (Lipinski definition) is 3. The Balaban J connectivity index is 3.02. The van der Waals surface area contributed by atoms with Gasteiger partial charge in [-0.3, -0.25) is 0 Å². The Morgan fingerprint density at radius 3 is 2.71 bits per heavy atom. The maximum absolute atomic E-state index is 13.3. The molecule has 0 saturated heterocycles. The number of aromatic hydroxyl groups is 1. The molecule has 14 heavy (non-hydrogen) atoms. The first-order chi connectivity index (χ1) is 6.54. The van der Waals surface area contributed by atoms with Crippen molar-refractivity contribution in [2.45, 2.75) is 19.4 Å². The minimum Gasteiger partial charge on any atom is -0.504 e. The van der Waals surface area contributed by atoms with Crippen LogP contribution in [0.2, 0.25) is 0 Å². The van der Waals surface area contributed by atoms with E-state index in [1.54, 1.807) is 6.92 Å². The molecule has 0 radical (unpaired) electrons. The molecule has 4 heteroatoms. The zero-order valence-electron chi connectivity index (χ0n) is 8.25. The van der Waals surface area contributed by atoms with Gasteiger partial charge in [-0.15, -0.1) is 0 Å². The molecule has 0 saturated carbocycles. The number of ether oxygens (including phenoxy) is 1. The molecule has 1 aromatic carbocycles. The molecule has 1 aromatic rings. The van der Waals surface area contributed by atoms with E-state index in [1.807, 2.05) is 0 Å².